The summed E-state index contributed by atoms with van der Waals surface area (Å²) in [5.41, 5.74) is 9.14. The molecule has 2 atom stereocenters. The van der Waals surface area contributed by atoms with Crippen LogP contribution >= 0.6 is 68.4 Å². The molecule has 252 valence electrons. The third-order valence-electron chi connectivity index (χ3n) is 6.44. The third-order valence-corrected chi connectivity index (χ3v) is 8.14. The zero-order chi connectivity index (χ0) is 32.4. The number of benzene rings is 2. The Morgan fingerprint density at radius 3 is 1.74 bits per heavy atom. The molecule has 1 saturated heterocycles. The van der Waals surface area contributed by atoms with Gasteiger partial charge in [0.25, 0.3) is 0 Å². The molecule has 0 saturated carbocycles. The number of carbonyl (C=O) groups excluding carboxylic acids is 2. The highest BCUT2D eigenvalue weighted by Crippen LogP contribution is 2.26. The topological polar surface area (TPSA) is 117 Å². The predicted octanol–water partition coefficient (Wildman–Crippen LogP) is 8.79. The van der Waals surface area contributed by atoms with E-state index in [0.29, 0.717) is 19.0 Å². The Labute approximate surface area is 309 Å². The van der Waals surface area contributed by atoms with E-state index in [2.05, 4.69) is 103 Å². The number of cyclic esters (lactones) is 1. The second-order valence-corrected chi connectivity index (χ2v) is 12.9. The largest absolute Gasteiger partial charge is 0.452 e. The quantitative estimate of drug-likeness (QED) is 0.112. The summed E-state index contributed by atoms with van der Waals surface area (Å²) in [7, 11) is 3.93. The molecule has 14 heteroatoms. The number of carbonyl (C=O) groups is 2. The zero-order valence-corrected chi connectivity index (χ0v) is 30.5. The second-order valence-electron chi connectivity index (χ2n) is 9.75. The Kier molecular flexibility index (Phi) is 18.2. The lowest BCUT2D eigenvalue weighted by molar-refractivity contribution is 0.148. The van der Waals surface area contributed by atoms with Crippen LogP contribution in [-0.4, -0.2) is 61.2 Å². The van der Waals surface area contributed by atoms with E-state index < -0.39 is 5.43 Å². The Bertz CT molecular complexity index is 1530. The van der Waals surface area contributed by atoms with E-state index in [1.54, 1.807) is 4.90 Å². The number of rotatable bonds is 7. The zero-order valence-electron chi connectivity index (χ0n) is 24.7. The molecule has 0 aliphatic carbocycles. The number of amides is 1. The summed E-state index contributed by atoms with van der Waals surface area (Å²) in [6.45, 7) is 5.18. The van der Waals surface area contributed by atoms with Crippen molar-refractivity contribution in [2.75, 3.05) is 25.6 Å². The number of nitrogens with zero attached hydrogens (tertiary/aromatic N) is 5. The van der Waals surface area contributed by atoms with Gasteiger partial charge >= 0.3 is 11.5 Å². The van der Waals surface area contributed by atoms with Gasteiger partial charge in [-0.05, 0) is 83.3 Å². The summed E-state index contributed by atoms with van der Waals surface area (Å²) in [6, 6.07) is 16.4. The first-order valence-corrected chi connectivity index (χ1v) is 16.6. The Balaban J connectivity index is 0.000000377. The lowest BCUT2D eigenvalue weighted by Crippen LogP contribution is -2.29. The number of alkyl halides is 1. The molecule has 10 nitrogen and oxygen atoms in total. The second kappa shape index (κ2) is 20.1. The van der Waals surface area contributed by atoms with E-state index >= 15 is 0 Å². The number of halogens is 4. The number of nitrogens with two attached hydrogens (primary N) is 1. The maximum atomic E-state index is 11.7. The molecule has 1 aliphatic rings. The van der Waals surface area contributed by atoms with Crippen molar-refractivity contribution in [1.82, 2.24) is 24.0 Å². The molecule has 5 rings (SSSR count). The van der Waals surface area contributed by atoms with E-state index in [-0.39, 0.29) is 39.6 Å². The van der Waals surface area contributed by atoms with Crippen LogP contribution in [0.3, 0.4) is 0 Å². The minimum atomic E-state index is -0.805. The molecule has 1 fully saturated rings. The van der Waals surface area contributed by atoms with Crippen molar-refractivity contribution in [1.29, 1.82) is 0 Å². The molecule has 0 bridgehead atoms. The molecule has 0 spiro atoms. The van der Waals surface area contributed by atoms with Gasteiger partial charge in [-0.25, -0.2) is 19.6 Å². The maximum absolute atomic E-state index is 11.7. The summed E-state index contributed by atoms with van der Waals surface area (Å²) in [5, 5.41) is 0. The maximum Gasteiger partial charge on any atom is 0.410 e. The number of hydrogen-bond acceptors (Lipinski definition) is 7. The van der Waals surface area contributed by atoms with Gasteiger partial charge in [-0.3, -0.25) is 4.90 Å². The summed E-state index contributed by atoms with van der Waals surface area (Å²) >= 11 is 14.4. The first-order chi connectivity index (χ1) is 20.9. The molecule has 46 heavy (non-hydrogen) atoms. The van der Waals surface area contributed by atoms with Crippen LogP contribution in [0, 0.1) is 7.14 Å². The third kappa shape index (κ3) is 12.0. The first kappa shape index (κ1) is 41.6. The lowest BCUT2D eigenvalue weighted by Gasteiger charge is -2.20. The Hall–Kier alpha value is -2.40. The van der Waals surface area contributed by atoms with Gasteiger partial charge in [0.15, 0.2) is 0 Å². The van der Waals surface area contributed by atoms with Crippen molar-refractivity contribution in [3.05, 3.63) is 79.7 Å². The number of imidazole rings is 2. The predicted molar refractivity (Wildman–Crippen MR) is 203 cm³/mol. The summed E-state index contributed by atoms with van der Waals surface area (Å²) < 4.78 is 15.6. The van der Waals surface area contributed by atoms with Gasteiger partial charge in [-0.1, -0.05) is 39.1 Å². The number of aryl methyl sites for hydroxylation is 2. The van der Waals surface area contributed by atoms with Crippen LogP contribution in [-0.2, 0) is 23.6 Å². The van der Waals surface area contributed by atoms with Crippen LogP contribution in [0.4, 0.5) is 9.59 Å². The molecule has 3 heterocycles. The standard InChI is InChI=1S/C15H16IN3O2.C12H14IN3.C3H4Cl2O2.2CH4/c1-10(19-7-8-21-15(19)20)14-17-13(9-18(14)2)11-3-5-12(16)6-4-11;1-8(14)12-15-11(7-16(12)2)9-3-5-10(13)6-4-9;4-1-2-7-3(5)6;;/h3-6,9-10H,7-8H2,1-2H3;3-8H,14H2,1-2H3;1-2H2;2*1H4/t10-;8-;;;/m11.../s1. The molecule has 1 aliphatic heterocycles. The van der Waals surface area contributed by atoms with Crippen LogP contribution in [0.1, 0.15) is 52.4 Å². The van der Waals surface area contributed by atoms with Crippen LogP contribution in [0.15, 0.2) is 60.9 Å². The fraction of sp³-hybridized carbons (Fsp3) is 0.375. The van der Waals surface area contributed by atoms with Crippen molar-refractivity contribution >= 4 is 79.9 Å². The normalized spacial score (nSPS) is 13.1. The SMILES string of the molecule is C.C.C[C@@H](N)c1nc(-c2ccc(I)cc2)cn1C.C[C@H](c1nc(-c2ccc(I)cc2)cn1C)N1CCOC1=O.O=C(Cl)OCCCl. The molecular weight excluding hydrogens is 857 g/mol. The van der Waals surface area contributed by atoms with Crippen molar-refractivity contribution in [2.45, 2.75) is 40.8 Å². The highest BCUT2D eigenvalue weighted by Gasteiger charge is 2.30. The van der Waals surface area contributed by atoms with Crippen LogP contribution in [0.25, 0.3) is 22.5 Å². The molecule has 2 aromatic heterocycles. The van der Waals surface area contributed by atoms with E-state index in [9.17, 15) is 9.59 Å². The van der Waals surface area contributed by atoms with E-state index in [1.165, 1.54) is 7.14 Å². The van der Waals surface area contributed by atoms with Crippen LogP contribution in [0.2, 0.25) is 0 Å². The Morgan fingerprint density at radius 1 is 0.935 bits per heavy atom. The van der Waals surface area contributed by atoms with Gasteiger partial charge in [0, 0.05) is 56.4 Å². The highest BCUT2D eigenvalue weighted by molar-refractivity contribution is 14.1. The average molecular weight is 899 g/mol. The van der Waals surface area contributed by atoms with Crippen molar-refractivity contribution in [2.24, 2.45) is 19.8 Å². The molecule has 2 N–H and O–H groups in total. The smallest absolute Gasteiger partial charge is 0.410 e. The van der Waals surface area contributed by atoms with Crippen molar-refractivity contribution in [3.63, 3.8) is 0 Å². The van der Waals surface area contributed by atoms with Gasteiger partial charge in [-0.2, -0.15) is 0 Å². The monoisotopic (exact) mass is 898 g/mol. The van der Waals surface area contributed by atoms with Gasteiger partial charge < -0.3 is 24.3 Å². The fourth-order valence-electron chi connectivity index (χ4n) is 4.31. The van der Waals surface area contributed by atoms with Crippen molar-refractivity contribution < 1.29 is 19.1 Å². The molecule has 2 aromatic carbocycles. The molecule has 0 radical (unpaired) electrons. The van der Waals surface area contributed by atoms with E-state index in [4.69, 9.17) is 38.7 Å². The Morgan fingerprint density at radius 2 is 1.39 bits per heavy atom. The fourth-order valence-corrected chi connectivity index (χ4v) is 5.18. The van der Waals surface area contributed by atoms with Crippen LogP contribution < -0.4 is 5.73 Å². The molecule has 1 amide bonds. The van der Waals surface area contributed by atoms with Gasteiger partial charge in [0.2, 0.25) is 0 Å². The highest BCUT2D eigenvalue weighted by atomic mass is 127. The molecule has 4 aromatic rings. The van der Waals surface area contributed by atoms with Crippen LogP contribution in [0.5, 0.6) is 0 Å². The average Bonchev–Trinajstić information content (AvgIpc) is 3.71. The number of ether oxygens (including phenoxy) is 2. The van der Waals surface area contributed by atoms with Gasteiger partial charge in [0.1, 0.15) is 24.9 Å². The number of hydrogen-bond donors (Lipinski definition) is 1. The molecule has 0 unspecified atom stereocenters. The lowest BCUT2D eigenvalue weighted by atomic mass is 10.2. The van der Waals surface area contributed by atoms with Gasteiger partial charge in [0.05, 0.1) is 35.9 Å². The van der Waals surface area contributed by atoms with Crippen molar-refractivity contribution in [3.8, 4) is 22.5 Å². The van der Waals surface area contributed by atoms with E-state index in [1.807, 2.05) is 49.5 Å². The molecular formula is C32H42Cl2I2N6O4. The van der Waals surface area contributed by atoms with Gasteiger partial charge in [-0.15, -0.1) is 11.6 Å². The van der Waals surface area contributed by atoms with E-state index in [0.717, 1.165) is 34.2 Å². The summed E-state index contributed by atoms with van der Waals surface area (Å²) in [5.74, 6) is 2.06. The minimum absolute atomic E-state index is 0. The first-order valence-electron chi connectivity index (χ1n) is 13.6. The number of aromatic nitrogens is 4. The summed E-state index contributed by atoms with van der Waals surface area (Å²) in [4.78, 5) is 32.3. The minimum Gasteiger partial charge on any atom is -0.452 e. The summed E-state index contributed by atoms with van der Waals surface area (Å²) in [6.07, 6.45) is 3.75.